The van der Waals surface area contributed by atoms with Gasteiger partial charge in [0.05, 0.1) is 18.6 Å². The van der Waals surface area contributed by atoms with E-state index >= 15 is 0 Å². The molecule has 0 radical (unpaired) electrons. The molecule has 0 amide bonds. The van der Waals surface area contributed by atoms with Crippen molar-refractivity contribution >= 4 is 17.6 Å². The lowest BCUT2D eigenvalue weighted by Gasteiger charge is -2.12. The van der Waals surface area contributed by atoms with Crippen molar-refractivity contribution in [1.29, 1.82) is 0 Å². The van der Waals surface area contributed by atoms with E-state index in [1.807, 2.05) is 0 Å². The summed E-state index contributed by atoms with van der Waals surface area (Å²) in [5.74, 6) is -7.54. The van der Waals surface area contributed by atoms with Crippen LogP contribution in [0.1, 0.15) is 19.4 Å². The van der Waals surface area contributed by atoms with Crippen LogP contribution < -0.4 is 4.74 Å². The lowest BCUT2D eigenvalue weighted by molar-refractivity contribution is -0.147. The molecule has 2 rings (SSSR count). The largest absolute Gasteiger partial charge is 0.493 e. The maximum absolute atomic E-state index is 13.9. The van der Waals surface area contributed by atoms with E-state index in [0.717, 1.165) is 13.2 Å². The summed E-state index contributed by atoms with van der Waals surface area (Å²) in [6.45, 7) is 2.21. The summed E-state index contributed by atoms with van der Waals surface area (Å²) in [6, 6.07) is 0.281. The van der Waals surface area contributed by atoms with Crippen LogP contribution in [0.4, 0.5) is 26.3 Å². The van der Waals surface area contributed by atoms with Crippen LogP contribution >= 0.6 is 11.6 Å². The average Bonchev–Trinajstić information content (AvgIpc) is 3.08. The molecule has 0 saturated heterocycles. The van der Waals surface area contributed by atoms with E-state index < -0.39 is 69.8 Å². The first-order valence-corrected chi connectivity index (χ1v) is 8.01. The number of esters is 1. The Morgan fingerprint density at radius 3 is 2.37 bits per heavy atom. The topological polar surface area (TPSA) is 35.5 Å². The standard InChI is InChI=1S/C17H15ClF6O3/c1-16(2)8(4-11(18)17(22,23)24)12(16)15(25)27-6-7-13(21)9(19)5-10(20)14(7)26-3/h4-5,8,12H,6H2,1-3H3/t8-,12-/m0/s1. The summed E-state index contributed by atoms with van der Waals surface area (Å²) in [6.07, 6.45) is -4.03. The minimum atomic E-state index is -4.75. The van der Waals surface area contributed by atoms with Gasteiger partial charge in [-0.3, -0.25) is 4.79 Å². The van der Waals surface area contributed by atoms with Crippen LogP contribution in [-0.4, -0.2) is 19.3 Å². The number of rotatable bonds is 5. The maximum atomic E-state index is 13.9. The van der Waals surface area contributed by atoms with Gasteiger partial charge in [-0.2, -0.15) is 13.2 Å². The Labute approximate surface area is 155 Å². The fraction of sp³-hybridized carbons (Fsp3) is 0.471. The molecule has 1 fully saturated rings. The van der Waals surface area contributed by atoms with Crippen molar-refractivity contribution in [3.63, 3.8) is 0 Å². The van der Waals surface area contributed by atoms with E-state index in [4.69, 9.17) is 16.3 Å². The fourth-order valence-corrected chi connectivity index (χ4v) is 3.04. The normalized spacial score (nSPS) is 21.8. The molecule has 2 atom stereocenters. The van der Waals surface area contributed by atoms with Gasteiger partial charge < -0.3 is 9.47 Å². The predicted molar refractivity (Wildman–Crippen MR) is 83.4 cm³/mol. The quantitative estimate of drug-likeness (QED) is 0.380. The fourth-order valence-electron chi connectivity index (χ4n) is 2.90. The molecule has 150 valence electrons. The molecule has 0 bridgehead atoms. The second-order valence-corrected chi connectivity index (χ2v) is 7.02. The smallest absolute Gasteiger partial charge is 0.426 e. The van der Waals surface area contributed by atoms with E-state index in [9.17, 15) is 31.1 Å². The third-order valence-electron chi connectivity index (χ3n) is 4.54. The molecule has 1 saturated carbocycles. The summed E-state index contributed by atoms with van der Waals surface area (Å²) >= 11 is 5.19. The van der Waals surface area contributed by atoms with Gasteiger partial charge in [-0.15, -0.1) is 0 Å². The zero-order chi connectivity index (χ0) is 20.7. The van der Waals surface area contributed by atoms with Gasteiger partial charge >= 0.3 is 12.1 Å². The van der Waals surface area contributed by atoms with Gasteiger partial charge in [0.15, 0.2) is 23.2 Å². The third-order valence-corrected chi connectivity index (χ3v) is 4.88. The number of hydrogen-bond donors (Lipinski definition) is 0. The van der Waals surface area contributed by atoms with E-state index in [2.05, 4.69) is 4.74 Å². The first-order chi connectivity index (χ1) is 12.3. The summed E-state index contributed by atoms with van der Waals surface area (Å²) in [5.41, 5.74) is -1.53. The van der Waals surface area contributed by atoms with Crippen LogP contribution in [0.2, 0.25) is 0 Å². The molecular formula is C17H15ClF6O3. The molecule has 0 spiro atoms. The molecular weight excluding hydrogens is 402 g/mol. The summed E-state index contributed by atoms with van der Waals surface area (Å²) in [5, 5.41) is -1.37. The van der Waals surface area contributed by atoms with Crippen LogP contribution in [0.3, 0.4) is 0 Å². The highest BCUT2D eigenvalue weighted by atomic mass is 35.5. The van der Waals surface area contributed by atoms with Crippen molar-refractivity contribution in [3.05, 3.63) is 40.2 Å². The molecule has 1 aromatic rings. The molecule has 1 aromatic carbocycles. The van der Waals surface area contributed by atoms with Crippen molar-refractivity contribution in [1.82, 2.24) is 0 Å². The highest BCUT2D eigenvalue weighted by Crippen LogP contribution is 2.60. The molecule has 0 heterocycles. The van der Waals surface area contributed by atoms with Crippen LogP contribution in [0.15, 0.2) is 17.2 Å². The van der Waals surface area contributed by atoms with E-state index in [0.29, 0.717) is 0 Å². The number of allylic oxidation sites excluding steroid dienone is 2. The maximum Gasteiger partial charge on any atom is 0.426 e. The van der Waals surface area contributed by atoms with Gasteiger partial charge in [0, 0.05) is 6.07 Å². The Bertz CT molecular complexity index is 788. The molecule has 0 aliphatic heterocycles. The lowest BCUT2D eigenvalue weighted by Crippen LogP contribution is -2.13. The first-order valence-electron chi connectivity index (χ1n) is 7.63. The molecule has 0 N–H and O–H groups in total. The molecule has 0 aromatic heterocycles. The van der Waals surface area contributed by atoms with Crippen LogP contribution in [-0.2, 0) is 16.1 Å². The second kappa shape index (κ2) is 7.26. The Morgan fingerprint density at radius 2 is 1.85 bits per heavy atom. The van der Waals surface area contributed by atoms with Gasteiger partial charge in [-0.1, -0.05) is 31.5 Å². The van der Waals surface area contributed by atoms with Gasteiger partial charge in [0.1, 0.15) is 11.6 Å². The molecule has 3 nitrogen and oxygen atoms in total. The monoisotopic (exact) mass is 416 g/mol. The number of benzene rings is 1. The highest BCUT2D eigenvalue weighted by molar-refractivity contribution is 6.30. The van der Waals surface area contributed by atoms with Crippen molar-refractivity contribution in [2.45, 2.75) is 26.6 Å². The highest BCUT2D eigenvalue weighted by Gasteiger charge is 2.62. The second-order valence-electron chi connectivity index (χ2n) is 6.61. The Balaban J connectivity index is 2.16. The molecule has 1 aliphatic carbocycles. The van der Waals surface area contributed by atoms with Crippen molar-refractivity contribution in [2.24, 2.45) is 17.3 Å². The van der Waals surface area contributed by atoms with Gasteiger partial charge in [0.25, 0.3) is 0 Å². The number of carbonyl (C=O) groups is 1. The molecule has 1 aliphatic rings. The number of carbonyl (C=O) groups excluding carboxylic acids is 1. The zero-order valence-corrected chi connectivity index (χ0v) is 15.1. The van der Waals surface area contributed by atoms with Crippen molar-refractivity contribution in [2.75, 3.05) is 7.11 Å². The summed E-state index contributed by atoms with van der Waals surface area (Å²) in [7, 11) is 1.02. The Kier molecular flexibility index (Phi) is 5.75. The minimum Gasteiger partial charge on any atom is -0.493 e. The van der Waals surface area contributed by atoms with Crippen LogP contribution in [0.25, 0.3) is 0 Å². The Hall–Kier alpha value is -1.90. The number of alkyl halides is 3. The van der Waals surface area contributed by atoms with E-state index in [1.54, 1.807) is 0 Å². The van der Waals surface area contributed by atoms with Gasteiger partial charge in [-0.05, 0) is 11.3 Å². The molecule has 10 heteroatoms. The lowest BCUT2D eigenvalue weighted by atomic mass is 10.1. The van der Waals surface area contributed by atoms with Crippen LogP contribution in [0, 0.1) is 34.7 Å². The number of methoxy groups -OCH3 is 1. The minimum absolute atomic E-state index is 0.281. The van der Waals surface area contributed by atoms with Gasteiger partial charge in [-0.25, -0.2) is 13.2 Å². The number of hydrogen-bond acceptors (Lipinski definition) is 3. The van der Waals surface area contributed by atoms with E-state index in [1.165, 1.54) is 13.8 Å². The molecule has 0 unspecified atom stereocenters. The SMILES string of the molecule is COc1c(F)cc(F)c(F)c1COC(=O)[C@@H]1[C@H](C=C(Cl)C(F)(F)F)C1(C)C. The van der Waals surface area contributed by atoms with Crippen molar-refractivity contribution in [3.8, 4) is 5.75 Å². The van der Waals surface area contributed by atoms with Gasteiger partial charge in [0.2, 0.25) is 0 Å². The average molecular weight is 417 g/mol. The van der Waals surface area contributed by atoms with E-state index in [-0.39, 0.29) is 6.07 Å². The number of ether oxygens (including phenoxy) is 2. The molecule has 27 heavy (non-hydrogen) atoms. The summed E-state index contributed by atoms with van der Waals surface area (Å²) in [4.78, 5) is 12.2. The van der Waals surface area contributed by atoms with Crippen LogP contribution in [0.5, 0.6) is 5.75 Å². The zero-order valence-electron chi connectivity index (χ0n) is 14.4. The third kappa shape index (κ3) is 4.17. The Morgan fingerprint density at radius 1 is 1.26 bits per heavy atom. The number of halogens is 7. The summed E-state index contributed by atoms with van der Waals surface area (Å²) < 4.78 is 88.0. The van der Waals surface area contributed by atoms with Crippen molar-refractivity contribution < 1.29 is 40.6 Å². The predicted octanol–water partition coefficient (Wildman–Crippen LogP) is 5.11. The first kappa shape index (κ1) is 21.4.